The fourth-order valence-corrected chi connectivity index (χ4v) is 2.27. The predicted molar refractivity (Wildman–Crippen MR) is 66.5 cm³/mol. The average molecular weight is 250 g/mol. The molecule has 2 rings (SSSR count). The molecule has 1 fully saturated rings. The first-order chi connectivity index (χ1) is 8.54. The van der Waals surface area contributed by atoms with Crippen LogP contribution in [0.2, 0.25) is 0 Å². The molecule has 1 N–H and O–H groups in total. The van der Waals surface area contributed by atoms with E-state index < -0.39 is 5.97 Å². The Labute approximate surface area is 106 Å². The summed E-state index contributed by atoms with van der Waals surface area (Å²) in [5.41, 5.74) is 0.889. The molecule has 18 heavy (non-hydrogen) atoms. The molecule has 0 aromatic carbocycles. The van der Waals surface area contributed by atoms with Gasteiger partial charge in [-0.15, -0.1) is 0 Å². The van der Waals surface area contributed by atoms with E-state index in [0.717, 1.165) is 12.8 Å². The van der Waals surface area contributed by atoms with Crippen LogP contribution in [0, 0.1) is 6.92 Å². The zero-order valence-electron chi connectivity index (χ0n) is 10.7. The summed E-state index contributed by atoms with van der Waals surface area (Å²) in [7, 11) is 0. The minimum atomic E-state index is -0.986. The van der Waals surface area contributed by atoms with E-state index in [1.54, 1.807) is 19.2 Å². The molecule has 0 unspecified atom stereocenters. The number of likely N-dealkylation sites (N-methyl/N-ethyl adjacent to an activating group) is 1. The summed E-state index contributed by atoms with van der Waals surface area (Å²) in [5, 5.41) is 9.12. The maximum absolute atomic E-state index is 12.1. The summed E-state index contributed by atoms with van der Waals surface area (Å²) in [4.78, 5) is 25.1. The van der Waals surface area contributed by atoms with Crippen LogP contribution in [0.3, 0.4) is 0 Å². The second-order valence-corrected chi connectivity index (χ2v) is 4.69. The molecule has 0 aliphatic heterocycles. The average Bonchev–Trinajstić information content (AvgIpc) is 3.05. The van der Waals surface area contributed by atoms with Crippen molar-refractivity contribution in [1.29, 1.82) is 0 Å². The van der Waals surface area contributed by atoms with Gasteiger partial charge in [0.1, 0.15) is 12.2 Å². The van der Waals surface area contributed by atoms with Gasteiger partial charge in [-0.3, -0.25) is 4.79 Å². The van der Waals surface area contributed by atoms with Crippen LogP contribution in [0.15, 0.2) is 12.3 Å². The molecule has 0 atom stereocenters. The van der Waals surface area contributed by atoms with Gasteiger partial charge in [-0.05, 0) is 38.3 Å². The van der Waals surface area contributed by atoms with Crippen LogP contribution in [0.5, 0.6) is 0 Å². The molecule has 0 saturated heterocycles. The molecule has 0 spiro atoms. The van der Waals surface area contributed by atoms with Crippen molar-refractivity contribution in [2.45, 2.75) is 39.3 Å². The van der Waals surface area contributed by atoms with Gasteiger partial charge in [0, 0.05) is 18.8 Å². The van der Waals surface area contributed by atoms with Gasteiger partial charge in [0.2, 0.25) is 5.91 Å². The molecule has 1 heterocycles. The minimum absolute atomic E-state index is 0.00176. The van der Waals surface area contributed by atoms with Crippen molar-refractivity contribution < 1.29 is 14.7 Å². The van der Waals surface area contributed by atoms with Gasteiger partial charge in [0.05, 0.1) is 0 Å². The molecule has 1 saturated carbocycles. The highest BCUT2D eigenvalue weighted by atomic mass is 16.4. The van der Waals surface area contributed by atoms with Crippen molar-refractivity contribution in [3.05, 3.63) is 23.5 Å². The maximum atomic E-state index is 12.1. The van der Waals surface area contributed by atoms with E-state index in [1.807, 2.05) is 11.8 Å². The standard InChI is InChI=1S/C13H18N2O3/c1-3-15(10-4-5-10)11(16)8-14-7-6-9(2)12(14)13(17)18/h6-7,10H,3-5,8H2,1-2H3,(H,17,18). The quantitative estimate of drug-likeness (QED) is 0.861. The van der Waals surface area contributed by atoms with E-state index in [-0.39, 0.29) is 18.1 Å². The molecule has 1 aliphatic carbocycles. The number of aromatic nitrogens is 1. The molecule has 0 bridgehead atoms. The summed E-state index contributed by atoms with van der Waals surface area (Å²) < 4.78 is 1.52. The van der Waals surface area contributed by atoms with Gasteiger partial charge in [0.25, 0.3) is 0 Å². The summed E-state index contributed by atoms with van der Waals surface area (Å²) in [6.45, 7) is 4.49. The Morgan fingerprint density at radius 1 is 1.50 bits per heavy atom. The highest BCUT2D eigenvalue weighted by Gasteiger charge is 2.31. The third-order valence-corrected chi connectivity index (χ3v) is 3.32. The van der Waals surface area contributed by atoms with Crippen LogP contribution < -0.4 is 0 Å². The summed E-state index contributed by atoms with van der Waals surface area (Å²) >= 11 is 0. The van der Waals surface area contributed by atoms with Gasteiger partial charge in [-0.1, -0.05) is 0 Å². The summed E-state index contributed by atoms with van der Waals surface area (Å²) in [6, 6.07) is 2.09. The number of carbonyl (C=O) groups is 2. The molecular weight excluding hydrogens is 232 g/mol. The maximum Gasteiger partial charge on any atom is 0.352 e. The van der Waals surface area contributed by atoms with E-state index in [9.17, 15) is 9.59 Å². The molecule has 1 aromatic rings. The van der Waals surface area contributed by atoms with Gasteiger partial charge >= 0.3 is 5.97 Å². The van der Waals surface area contributed by atoms with Crippen molar-refractivity contribution in [3.8, 4) is 0 Å². The number of carboxylic acids is 1. The molecule has 1 aliphatic rings. The first kappa shape index (κ1) is 12.7. The SMILES string of the molecule is CCN(C(=O)Cn1ccc(C)c1C(=O)O)C1CC1. The van der Waals surface area contributed by atoms with Crippen LogP contribution in [0.1, 0.15) is 35.8 Å². The summed E-state index contributed by atoms with van der Waals surface area (Å²) in [5.74, 6) is -0.988. The Morgan fingerprint density at radius 3 is 2.67 bits per heavy atom. The number of aryl methyl sites for hydroxylation is 1. The largest absolute Gasteiger partial charge is 0.477 e. The fourth-order valence-electron chi connectivity index (χ4n) is 2.27. The van der Waals surface area contributed by atoms with Crippen LogP contribution in [0.25, 0.3) is 0 Å². The molecule has 5 nitrogen and oxygen atoms in total. The van der Waals surface area contributed by atoms with Crippen molar-refractivity contribution in [2.24, 2.45) is 0 Å². The highest BCUT2D eigenvalue weighted by molar-refractivity contribution is 5.88. The molecule has 5 heteroatoms. The third-order valence-electron chi connectivity index (χ3n) is 3.32. The topological polar surface area (TPSA) is 62.5 Å². The minimum Gasteiger partial charge on any atom is -0.477 e. The molecular formula is C13H18N2O3. The smallest absolute Gasteiger partial charge is 0.352 e. The van der Waals surface area contributed by atoms with Crippen molar-refractivity contribution in [1.82, 2.24) is 9.47 Å². The lowest BCUT2D eigenvalue weighted by molar-refractivity contribution is -0.132. The van der Waals surface area contributed by atoms with Gasteiger partial charge in [-0.2, -0.15) is 0 Å². The van der Waals surface area contributed by atoms with Gasteiger partial charge in [-0.25, -0.2) is 4.79 Å². The zero-order valence-corrected chi connectivity index (χ0v) is 10.7. The molecule has 1 amide bonds. The van der Waals surface area contributed by atoms with Crippen molar-refractivity contribution in [2.75, 3.05) is 6.54 Å². The first-order valence-corrected chi connectivity index (χ1v) is 6.23. The second-order valence-electron chi connectivity index (χ2n) is 4.69. The Balaban J connectivity index is 2.13. The first-order valence-electron chi connectivity index (χ1n) is 6.23. The lowest BCUT2D eigenvalue weighted by Gasteiger charge is -2.21. The van der Waals surface area contributed by atoms with E-state index in [2.05, 4.69) is 0 Å². The zero-order chi connectivity index (χ0) is 13.3. The number of rotatable bonds is 5. The number of amides is 1. The van der Waals surface area contributed by atoms with Crippen LogP contribution in [-0.4, -0.2) is 39.0 Å². The Morgan fingerprint density at radius 2 is 2.17 bits per heavy atom. The second kappa shape index (κ2) is 4.84. The van der Waals surface area contributed by atoms with Crippen LogP contribution in [-0.2, 0) is 11.3 Å². The summed E-state index contributed by atoms with van der Waals surface area (Å²) in [6.07, 6.45) is 3.80. The lowest BCUT2D eigenvalue weighted by Crippen LogP contribution is -2.35. The predicted octanol–water partition coefficient (Wildman–Crippen LogP) is 1.51. The number of hydrogen-bond acceptors (Lipinski definition) is 2. The number of carbonyl (C=O) groups excluding carboxylic acids is 1. The van der Waals surface area contributed by atoms with Crippen molar-refractivity contribution in [3.63, 3.8) is 0 Å². The Bertz CT molecular complexity index is 475. The Kier molecular flexibility index (Phi) is 3.41. The number of nitrogens with zero attached hydrogens (tertiary/aromatic N) is 2. The Hall–Kier alpha value is -1.78. The molecule has 0 radical (unpaired) electrons. The number of carboxylic acid groups (broad SMARTS) is 1. The van der Waals surface area contributed by atoms with Gasteiger partial charge < -0.3 is 14.6 Å². The number of hydrogen-bond donors (Lipinski definition) is 1. The van der Waals surface area contributed by atoms with Crippen molar-refractivity contribution >= 4 is 11.9 Å². The van der Waals surface area contributed by atoms with E-state index >= 15 is 0 Å². The fraction of sp³-hybridized carbons (Fsp3) is 0.538. The van der Waals surface area contributed by atoms with E-state index in [4.69, 9.17) is 5.11 Å². The lowest BCUT2D eigenvalue weighted by atomic mass is 10.3. The van der Waals surface area contributed by atoms with Crippen LogP contribution >= 0.6 is 0 Å². The molecule has 1 aromatic heterocycles. The van der Waals surface area contributed by atoms with Gasteiger partial charge in [0.15, 0.2) is 0 Å². The van der Waals surface area contributed by atoms with Crippen LogP contribution in [0.4, 0.5) is 0 Å². The van der Waals surface area contributed by atoms with E-state index in [0.29, 0.717) is 18.2 Å². The normalized spacial score (nSPS) is 14.6. The highest BCUT2D eigenvalue weighted by Crippen LogP contribution is 2.26. The van der Waals surface area contributed by atoms with E-state index in [1.165, 1.54) is 4.57 Å². The third kappa shape index (κ3) is 2.39. The monoisotopic (exact) mass is 250 g/mol. The number of aromatic carboxylic acids is 1. The molecule has 98 valence electrons.